The van der Waals surface area contributed by atoms with Gasteiger partial charge in [-0.05, 0) is 41.8 Å². The van der Waals surface area contributed by atoms with Gasteiger partial charge in [0.2, 0.25) is 0 Å². The van der Waals surface area contributed by atoms with Crippen molar-refractivity contribution in [3.63, 3.8) is 0 Å². The molecule has 3 aromatic rings. The van der Waals surface area contributed by atoms with E-state index in [0.717, 1.165) is 24.0 Å². The van der Waals surface area contributed by atoms with Gasteiger partial charge in [0.25, 0.3) is 5.91 Å². The summed E-state index contributed by atoms with van der Waals surface area (Å²) in [7, 11) is 0. The molecule has 1 amide bonds. The van der Waals surface area contributed by atoms with E-state index in [4.69, 9.17) is 0 Å². The smallest absolute Gasteiger partial charge is 0.335 e. The van der Waals surface area contributed by atoms with Crippen LogP contribution in [0.5, 0.6) is 0 Å². The molecule has 1 aromatic carbocycles. The second kappa shape index (κ2) is 7.17. The maximum atomic E-state index is 12.5. The summed E-state index contributed by atoms with van der Waals surface area (Å²) in [5, 5.41) is 12.0. The third-order valence-corrected chi connectivity index (χ3v) is 4.06. The molecule has 6 heteroatoms. The van der Waals surface area contributed by atoms with Crippen molar-refractivity contribution in [3.05, 3.63) is 71.2 Å². The van der Waals surface area contributed by atoms with Crippen molar-refractivity contribution in [2.45, 2.75) is 26.3 Å². The number of benzene rings is 1. The van der Waals surface area contributed by atoms with Crippen LogP contribution >= 0.6 is 0 Å². The summed E-state index contributed by atoms with van der Waals surface area (Å²) in [6.45, 7) is 2.33. The molecule has 3 rings (SSSR count). The number of pyridine rings is 1. The molecule has 2 N–H and O–H groups in total. The molecule has 6 nitrogen and oxygen atoms in total. The van der Waals surface area contributed by atoms with Gasteiger partial charge in [-0.3, -0.25) is 9.20 Å². The number of amides is 1. The second-order valence-corrected chi connectivity index (χ2v) is 5.79. The van der Waals surface area contributed by atoms with E-state index in [2.05, 4.69) is 17.2 Å². The van der Waals surface area contributed by atoms with Crippen molar-refractivity contribution in [3.8, 4) is 0 Å². The molecular weight excluding hydrogens is 318 g/mol. The molecule has 0 fully saturated rings. The Kier molecular flexibility index (Phi) is 4.79. The highest BCUT2D eigenvalue weighted by Crippen LogP contribution is 2.15. The van der Waals surface area contributed by atoms with Crippen molar-refractivity contribution in [1.29, 1.82) is 0 Å². The highest BCUT2D eigenvalue weighted by molar-refractivity contribution is 5.93. The van der Waals surface area contributed by atoms with Crippen molar-refractivity contribution < 1.29 is 14.7 Å². The zero-order chi connectivity index (χ0) is 17.8. The van der Waals surface area contributed by atoms with Gasteiger partial charge in [-0.1, -0.05) is 25.5 Å². The molecule has 0 atom stereocenters. The van der Waals surface area contributed by atoms with Crippen molar-refractivity contribution in [2.75, 3.05) is 0 Å². The minimum absolute atomic E-state index is 0.221. The van der Waals surface area contributed by atoms with Gasteiger partial charge in [0.1, 0.15) is 11.3 Å². The first-order valence-corrected chi connectivity index (χ1v) is 8.15. The van der Waals surface area contributed by atoms with Gasteiger partial charge >= 0.3 is 5.97 Å². The maximum absolute atomic E-state index is 12.5. The number of nitrogens with one attached hydrogen (secondary N) is 1. The standard InChI is InChI=1S/C19H19N3O3/c1-2-5-13-7-8-14(19(24)25)10-15(13)11-21-18(23)16-12-20-17-6-3-4-9-22(16)17/h3-4,6-10,12H,2,5,11H2,1H3,(H,21,23)(H,24,25). The number of imidazole rings is 1. The molecule has 128 valence electrons. The number of carbonyl (C=O) groups is 2. The number of fused-ring (bicyclic) bond motifs is 1. The van der Waals surface area contributed by atoms with E-state index in [1.54, 1.807) is 22.7 Å². The predicted octanol–water partition coefficient (Wildman–Crippen LogP) is 2.92. The van der Waals surface area contributed by atoms with Crippen LogP contribution in [-0.4, -0.2) is 26.4 Å². The summed E-state index contributed by atoms with van der Waals surface area (Å²) < 4.78 is 1.72. The summed E-state index contributed by atoms with van der Waals surface area (Å²) in [6, 6.07) is 10.6. The Bertz CT molecular complexity index is 931. The molecule has 0 radical (unpaired) electrons. The highest BCUT2D eigenvalue weighted by atomic mass is 16.4. The number of aryl methyl sites for hydroxylation is 1. The third-order valence-electron chi connectivity index (χ3n) is 4.06. The summed E-state index contributed by atoms with van der Waals surface area (Å²) in [5.74, 6) is -1.22. The lowest BCUT2D eigenvalue weighted by Crippen LogP contribution is -2.25. The monoisotopic (exact) mass is 337 g/mol. The quantitative estimate of drug-likeness (QED) is 0.724. The average Bonchev–Trinajstić information content (AvgIpc) is 3.05. The summed E-state index contributed by atoms with van der Waals surface area (Å²) in [6.07, 6.45) is 5.09. The molecule has 0 unspecified atom stereocenters. The topological polar surface area (TPSA) is 83.7 Å². The van der Waals surface area contributed by atoms with Crippen LogP contribution in [0.2, 0.25) is 0 Å². The molecular formula is C19H19N3O3. The molecule has 0 saturated carbocycles. The highest BCUT2D eigenvalue weighted by Gasteiger charge is 2.13. The summed E-state index contributed by atoms with van der Waals surface area (Å²) >= 11 is 0. The Morgan fingerprint density at radius 1 is 1.20 bits per heavy atom. The first-order chi connectivity index (χ1) is 12.1. The number of hydrogen-bond donors (Lipinski definition) is 2. The SMILES string of the molecule is CCCc1ccc(C(=O)O)cc1CNC(=O)c1cnc2ccccn12. The molecule has 0 aliphatic heterocycles. The maximum Gasteiger partial charge on any atom is 0.335 e. The first-order valence-electron chi connectivity index (χ1n) is 8.15. The molecule has 2 heterocycles. The van der Waals surface area contributed by atoms with E-state index in [1.165, 1.54) is 6.20 Å². The van der Waals surface area contributed by atoms with E-state index in [-0.39, 0.29) is 18.0 Å². The molecule has 0 spiro atoms. The number of hydrogen-bond acceptors (Lipinski definition) is 3. The summed E-state index contributed by atoms with van der Waals surface area (Å²) in [5.41, 5.74) is 3.24. The minimum atomic E-state index is -0.975. The van der Waals surface area contributed by atoms with Crippen LogP contribution in [0, 0.1) is 0 Å². The Hall–Kier alpha value is -3.15. The number of aromatic carboxylic acids is 1. The average molecular weight is 337 g/mol. The van der Waals surface area contributed by atoms with E-state index in [0.29, 0.717) is 11.3 Å². The van der Waals surface area contributed by atoms with Gasteiger partial charge in [0.05, 0.1) is 11.8 Å². The zero-order valence-electron chi connectivity index (χ0n) is 13.9. The first kappa shape index (κ1) is 16.7. The third kappa shape index (κ3) is 3.52. The van der Waals surface area contributed by atoms with Crippen LogP contribution in [0.25, 0.3) is 5.65 Å². The lowest BCUT2D eigenvalue weighted by molar-refractivity contribution is 0.0696. The van der Waals surface area contributed by atoms with Crippen LogP contribution in [0.15, 0.2) is 48.8 Å². The van der Waals surface area contributed by atoms with Crippen LogP contribution < -0.4 is 5.32 Å². The number of carbonyl (C=O) groups excluding carboxylic acids is 1. The number of aromatic nitrogens is 2. The Morgan fingerprint density at radius 2 is 2.04 bits per heavy atom. The van der Waals surface area contributed by atoms with E-state index < -0.39 is 5.97 Å². The summed E-state index contributed by atoms with van der Waals surface area (Å²) in [4.78, 5) is 27.9. The van der Waals surface area contributed by atoms with Crippen LogP contribution in [0.3, 0.4) is 0 Å². The number of carboxylic acids is 1. The minimum Gasteiger partial charge on any atom is -0.478 e. The zero-order valence-corrected chi connectivity index (χ0v) is 13.9. The lowest BCUT2D eigenvalue weighted by Gasteiger charge is -2.11. The van der Waals surface area contributed by atoms with Gasteiger partial charge in [0.15, 0.2) is 0 Å². The second-order valence-electron chi connectivity index (χ2n) is 5.79. The normalized spacial score (nSPS) is 10.8. The molecule has 0 bridgehead atoms. The number of carboxylic acid groups (broad SMARTS) is 1. The van der Waals surface area contributed by atoms with Crippen LogP contribution in [0.1, 0.15) is 45.3 Å². The molecule has 0 saturated heterocycles. The van der Waals surface area contributed by atoms with Gasteiger partial charge in [-0.25, -0.2) is 9.78 Å². The van der Waals surface area contributed by atoms with Gasteiger partial charge in [0, 0.05) is 12.7 Å². The largest absolute Gasteiger partial charge is 0.478 e. The molecule has 0 aliphatic rings. The van der Waals surface area contributed by atoms with Gasteiger partial charge < -0.3 is 10.4 Å². The van der Waals surface area contributed by atoms with Crippen molar-refractivity contribution in [1.82, 2.24) is 14.7 Å². The lowest BCUT2D eigenvalue weighted by atomic mass is 10.00. The van der Waals surface area contributed by atoms with Crippen LogP contribution in [-0.2, 0) is 13.0 Å². The van der Waals surface area contributed by atoms with Crippen molar-refractivity contribution >= 4 is 17.5 Å². The van der Waals surface area contributed by atoms with Gasteiger partial charge in [-0.2, -0.15) is 0 Å². The fourth-order valence-corrected chi connectivity index (χ4v) is 2.80. The van der Waals surface area contributed by atoms with E-state index in [1.807, 2.05) is 24.3 Å². The van der Waals surface area contributed by atoms with E-state index >= 15 is 0 Å². The fraction of sp³-hybridized carbons (Fsp3) is 0.211. The van der Waals surface area contributed by atoms with E-state index in [9.17, 15) is 14.7 Å². The van der Waals surface area contributed by atoms with Crippen molar-refractivity contribution in [2.24, 2.45) is 0 Å². The predicted molar refractivity (Wildman–Crippen MR) is 93.8 cm³/mol. The Balaban J connectivity index is 1.81. The molecule has 25 heavy (non-hydrogen) atoms. The number of rotatable bonds is 6. The fourth-order valence-electron chi connectivity index (χ4n) is 2.80. The Morgan fingerprint density at radius 3 is 2.80 bits per heavy atom. The molecule has 2 aromatic heterocycles. The van der Waals surface area contributed by atoms with Gasteiger partial charge in [-0.15, -0.1) is 0 Å². The Labute approximate surface area is 145 Å². The van der Waals surface area contributed by atoms with Crippen LogP contribution in [0.4, 0.5) is 0 Å². The molecule has 0 aliphatic carbocycles. The number of nitrogens with zero attached hydrogens (tertiary/aromatic N) is 2.